The normalized spacial score (nSPS) is 22.8. The maximum Gasteiger partial charge on any atom is 0.315 e. The van der Waals surface area contributed by atoms with E-state index in [4.69, 9.17) is 15.2 Å². The van der Waals surface area contributed by atoms with Crippen molar-refractivity contribution in [3.8, 4) is 5.75 Å². The van der Waals surface area contributed by atoms with E-state index in [0.717, 1.165) is 13.0 Å². The van der Waals surface area contributed by atoms with Gasteiger partial charge in [-0.2, -0.15) is 8.78 Å². The third-order valence-electron chi connectivity index (χ3n) is 4.94. The Morgan fingerprint density at radius 3 is 2.46 bits per heavy atom. The second kappa shape index (κ2) is 6.61. The summed E-state index contributed by atoms with van der Waals surface area (Å²) in [7, 11) is 1.51. The summed E-state index contributed by atoms with van der Waals surface area (Å²) in [6.07, 6.45) is 0. The van der Waals surface area contributed by atoms with Gasteiger partial charge in [0.2, 0.25) is 0 Å². The summed E-state index contributed by atoms with van der Waals surface area (Å²) in [4.78, 5) is 3.81. The first-order valence-corrected chi connectivity index (χ1v) is 8.64. The quantitative estimate of drug-likeness (QED) is 0.800. The number of methoxy groups -OCH3 is 1. The van der Waals surface area contributed by atoms with Gasteiger partial charge >= 0.3 is 5.92 Å². The number of aliphatic imine (C=N–C) groups is 1. The average Bonchev–Trinajstić information content (AvgIpc) is 2.61. The zero-order valence-electron chi connectivity index (χ0n) is 16.0. The number of nitrogens with two attached hydrogens (primary N) is 1. The summed E-state index contributed by atoms with van der Waals surface area (Å²) in [5.74, 6) is -3.80. The van der Waals surface area contributed by atoms with Crippen LogP contribution in [0, 0.1) is 5.82 Å². The molecule has 0 fully saturated rings. The highest BCUT2D eigenvalue weighted by atomic mass is 19.3. The molecule has 0 aliphatic carbocycles. The van der Waals surface area contributed by atoms with E-state index in [9.17, 15) is 4.39 Å². The van der Waals surface area contributed by atoms with Crippen molar-refractivity contribution in [2.45, 2.75) is 37.8 Å². The van der Waals surface area contributed by atoms with Gasteiger partial charge in [-0.1, -0.05) is 12.1 Å². The van der Waals surface area contributed by atoms with Crippen molar-refractivity contribution in [2.24, 2.45) is 10.7 Å². The van der Waals surface area contributed by atoms with Gasteiger partial charge in [-0.3, -0.25) is 0 Å². The van der Waals surface area contributed by atoms with E-state index >= 15 is 8.78 Å². The Bertz CT molecular complexity index is 931. The lowest BCUT2D eigenvalue weighted by molar-refractivity contribution is -0.207. The van der Waals surface area contributed by atoms with Crippen LogP contribution in [0.15, 0.2) is 47.5 Å². The summed E-state index contributed by atoms with van der Waals surface area (Å²) in [6, 6.07) is 10.5. The molecule has 0 amide bonds. The molecule has 1 unspecified atom stereocenters. The minimum absolute atomic E-state index is 0.295. The van der Waals surface area contributed by atoms with E-state index in [1.54, 1.807) is 24.3 Å². The number of hydrogen-bond donors (Lipinski definition) is 2. The molecule has 0 radical (unpaired) electrons. The Kier molecular flexibility index (Phi) is 4.69. The maximum atomic E-state index is 15.3. The van der Waals surface area contributed by atoms with Gasteiger partial charge in [-0.25, -0.2) is 9.38 Å². The number of hydrogen-bond acceptors (Lipinski definition) is 5. The molecule has 0 saturated carbocycles. The number of nitrogens with zero attached hydrogens (tertiary/aromatic N) is 1. The summed E-state index contributed by atoms with van der Waals surface area (Å²) >= 11 is 0. The molecule has 0 bridgehead atoms. The molecule has 0 aromatic heterocycles. The van der Waals surface area contributed by atoms with Crippen LogP contribution in [0.5, 0.6) is 5.75 Å². The topological polar surface area (TPSA) is 68.9 Å². The van der Waals surface area contributed by atoms with Crippen molar-refractivity contribution in [2.75, 3.05) is 12.4 Å². The second-order valence-electron chi connectivity index (χ2n) is 7.23. The Morgan fingerprint density at radius 1 is 1.11 bits per heavy atom. The molecular formula is C20H22F3N3O2. The Balaban J connectivity index is 2.10. The molecule has 0 spiro atoms. The van der Waals surface area contributed by atoms with Crippen molar-refractivity contribution in [1.82, 2.24) is 0 Å². The highest BCUT2D eigenvalue weighted by Gasteiger charge is 2.66. The fourth-order valence-electron chi connectivity index (χ4n) is 3.33. The Morgan fingerprint density at radius 2 is 1.79 bits per heavy atom. The standard InChI is InChI=1S/C20H22F3N3O2/c1-18(2)20(22,23)19(3,26-17(24)28-18)13-11-12(9-10-14(13)21)25-15-7-5-6-8-16(15)27-4/h5-11,25H,1-4H3,(H2,24,26). The molecule has 3 N–H and O–H groups in total. The van der Waals surface area contributed by atoms with Gasteiger partial charge in [0.1, 0.15) is 11.6 Å². The first-order valence-electron chi connectivity index (χ1n) is 8.64. The van der Waals surface area contributed by atoms with Gasteiger partial charge in [0.05, 0.1) is 12.8 Å². The largest absolute Gasteiger partial charge is 0.495 e. The summed E-state index contributed by atoms with van der Waals surface area (Å²) in [5.41, 5.74) is 2.13. The van der Waals surface area contributed by atoms with Crippen molar-refractivity contribution in [3.63, 3.8) is 0 Å². The molecular weight excluding hydrogens is 371 g/mol. The number of ether oxygens (including phenoxy) is 2. The van der Waals surface area contributed by atoms with E-state index in [-0.39, 0.29) is 5.56 Å². The molecule has 2 aromatic rings. The highest BCUT2D eigenvalue weighted by molar-refractivity contribution is 5.74. The van der Waals surface area contributed by atoms with Gasteiger partial charge < -0.3 is 20.5 Å². The second-order valence-corrected chi connectivity index (χ2v) is 7.23. The summed E-state index contributed by atoms with van der Waals surface area (Å²) < 4.78 is 55.5. The summed E-state index contributed by atoms with van der Waals surface area (Å²) in [5, 5.41) is 3.06. The minimum Gasteiger partial charge on any atom is -0.495 e. The molecule has 1 aliphatic heterocycles. The number of para-hydroxylation sites is 2. The number of alkyl halides is 2. The lowest BCUT2D eigenvalue weighted by Gasteiger charge is -2.46. The first-order chi connectivity index (χ1) is 13.0. The van der Waals surface area contributed by atoms with Crippen molar-refractivity contribution in [1.29, 1.82) is 0 Å². The molecule has 1 heterocycles. The number of nitrogens with one attached hydrogen (secondary N) is 1. The van der Waals surface area contributed by atoms with Crippen LogP contribution < -0.4 is 15.8 Å². The number of amidine groups is 1. The van der Waals surface area contributed by atoms with Crippen molar-refractivity contribution >= 4 is 17.4 Å². The molecule has 5 nitrogen and oxygen atoms in total. The molecule has 8 heteroatoms. The molecule has 150 valence electrons. The number of rotatable bonds is 4. The van der Waals surface area contributed by atoms with E-state index in [1.165, 1.54) is 33.1 Å². The van der Waals surface area contributed by atoms with E-state index in [2.05, 4.69) is 10.3 Å². The Labute approximate surface area is 161 Å². The van der Waals surface area contributed by atoms with Gasteiger partial charge in [-0.15, -0.1) is 0 Å². The van der Waals surface area contributed by atoms with Crippen LogP contribution in [0.4, 0.5) is 24.5 Å². The van der Waals surface area contributed by atoms with Crippen molar-refractivity contribution < 1.29 is 22.6 Å². The molecule has 28 heavy (non-hydrogen) atoms. The number of benzene rings is 2. The number of anilines is 2. The minimum atomic E-state index is -3.53. The smallest absolute Gasteiger partial charge is 0.315 e. The van der Waals surface area contributed by atoms with Crippen LogP contribution in [0.2, 0.25) is 0 Å². The average molecular weight is 393 g/mol. The third-order valence-corrected chi connectivity index (χ3v) is 4.94. The molecule has 1 atom stereocenters. The van der Waals surface area contributed by atoms with Crippen LogP contribution in [-0.4, -0.2) is 24.7 Å². The van der Waals surface area contributed by atoms with Gasteiger partial charge in [0, 0.05) is 11.3 Å². The van der Waals surface area contributed by atoms with E-state index in [0.29, 0.717) is 17.1 Å². The predicted molar refractivity (Wildman–Crippen MR) is 102 cm³/mol. The third kappa shape index (κ3) is 3.02. The van der Waals surface area contributed by atoms with Crippen LogP contribution in [0.25, 0.3) is 0 Å². The zero-order chi connectivity index (χ0) is 20.7. The van der Waals surface area contributed by atoms with Gasteiger partial charge in [-0.05, 0) is 51.1 Å². The Hall–Kier alpha value is -2.90. The first kappa shape index (κ1) is 19.9. The summed E-state index contributed by atoms with van der Waals surface area (Å²) in [6.45, 7) is 3.54. The molecule has 3 rings (SSSR count). The molecule has 2 aromatic carbocycles. The van der Waals surface area contributed by atoms with Crippen LogP contribution in [0.1, 0.15) is 26.3 Å². The maximum absolute atomic E-state index is 15.3. The van der Waals surface area contributed by atoms with Crippen LogP contribution in [-0.2, 0) is 10.3 Å². The molecule has 1 aliphatic rings. The monoisotopic (exact) mass is 393 g/mol. The van der Waals surface area contributed by atoms with E-state index < -0.39 is 28.9 Å². The van der Waals surface area contributed by atoms with Crippen LogP contribution in [0.3, 0.4) is 0 Å². The fourth-order valence-corrected chi connectivity index (χ4v) is 3.33. The lowest BCUT2D eigenvalue weighted by atomic mass is 9.77. The molecule has 0 saturated heterocycles. The zero-order valence-corrected chi connectivity index (χ0v) is 16.0. The predicted octanol–water partition coefficient (Wildman–Crippen LogP) is 4.55. The SMILES string of the molecule is COc1ccccc1Nc1ccc(F)c(C2(C)N=C(N)OC(C)(C)C2(F)F)c1. The highest BCUT2D eigenvalue weighted by Crippen LogP contribution is 2.52. The van der Waals surface area contributed by atoms with Gasteiger partial charge in [0.15, 0.2) is 11.1 Å². The van der Waals surface area contributed by atoms with E-state index in [1.807, 2.05) is 0 Å². The van der Waals surface area contributed by atoms with Gasteiger partial charge in [0.25, 0.3) is 6.02 Å². The fraction of sp³-hybridized carbons (Fsp3) is 0.350. The lowest BCUT2D eigenvalue weighted by Crippen LogP contribution is -2.62. The number of halogens is 3. The van der Waals surface area contributed by atoms with Crippen molar-refractivity contribution in [3.05, 3.63) is 53.8 Å². The van der Waals surface area contributed by atoms with Crippen LogP contribution >= 0.6 is 0 Å².